The van der Waals surface area contributed by atoms with Gasteiger partial charge in [-0.05, 0) is 31.2 Å². The van der Waals surface area contributed by atoms with Crippen molar-refractivity contribution in [3.8, 4) is 22.8 Å². The van der Waals surface area contributed by atoms with Crippen molar-refractivity contribution < 1.29 is 13.7 Å². The summed E-state index contributed by atoms with van der Waals surface area (Å²) in [6.45, 7) is 1.93. The molecular weight excluding hydrogens is 354 g/mol. The van der Waals surface area contributed by atoms with Crippen LogP contribution in [0, 0.1) is 0 Å². The molecule has 0 radical (unpaired) electrons. The number of furan rings is 1. The van der Waals surface area contributed by atoms with Crippen LogP contribution in [0.4, 0.5) is 0 Å². The van der Waals surface area contributed by atoms with Gasteiger partial charge < -0.3 is 14.3 Å². The fourth-order valence-corrected chi connectivity index (χ4v) is 2.99. The molecule has 1 atom stereocenters. The van der Waals surface area contributed by atoms with Crippen LogP contribution in [0.3, 0.4) is 0 Å². The quantitative estimate of drug-likeness (QED) is 0.543. The van der Waals surface area contributed by atoms with E-state index in [0.717, 1.165) is 11.3 Å². The fraction of sp³-hybridized carbons (Fsp3) is 0.136. The molecule has 1 N–H and O–H groups in total. The lowest BCUT2D eigenvalue weighted by Crippen LogP contribution is -2.34. The zero-order chi connectivity index (χ0) is 19.3. The third kappa shape index (κ3) is 3.86. The molecule has 2 aromatic carbocycles. The summed E-state index contributed by atoms with van der Waals surface area (Å²) in [5.41, 5.74) is 1.93. The highest BCUT2D eigenvalue weighted by Crippen LogP contribution is 2.25. The van der Waals surface area contributed by atoms with Gasteiger partial charge in [-0.2, -0.15) is 4.98 Å². The van der Waals surface area contributed by atoms with Crippen LogP contribution in [0.2, 0.25) is 0 Å². The van der Waals surface area contributed by atoms with Crippen LogP contribution >= 0.6 is 0 Å². The SMILES string of the molecule is CC(Cc1ccco1)NC(=O)c1ccccc1-c1nc(-c2ccccc2)no1. The van der Waals surface area contributed by atoms with Crippen molar-refractivity contribution in [1.82, 2.24) is 15.5 Å². The van der Waals surface area contributed by atoms with Gasteiger partial charge >= 0.3 is 0 Å². The second-order valence-electron chi connectivity index (χ2n) is 6.49. The van der Waals surface area contributed by atoms with Crippen LogP contribution < -0.4 is 5.32 Å². The predicted octanol–water partition coefficient (Wildman–Crippen LogP) is 4.36. The number of rotatable bonds is 6. The van der Waals surface area contributed by atoms with Crippen LogP contribution in [0.1, 0.15) is 23.0 Å². The molecule has 0 saturated carbocycles. The summed E-state index contributed by atoms with van der Waals surface area (Å²) in [5, 5.41) is 7.04. The van der Waals surface area contributed by atoms with Crippen molar-refractivity contribution in [2.45, 2.75) is 19.4 Å². The van der Waals surface area contributed by atoms with E-state index in [1.54, 1.807) is 18.4 Å². The minimum absolute atomic E-state index is 0.0886. The van der Waals surface area contributed by atoms with Gasteiger partial charge in [-0.15, -0.1) is 0 Å². The van der Waals surface area contributed by atoms with Gasteiger partial charge in [-0.3, -0.25) is 4.79 Å². The molecule has 1 amide bonds. The maximum absolute atomic E-state index is 12.8. The highest BCUT2D eigenvalue weighted by molar-refractivity contribution is 6.00. The van der Waals surface area contributed by atoms with E-state index in [4.69, 9.17) is 8.94 Å². The third-order valence-corrected chi connectivity index (χ3v) is 4.33. The van der Waals surface area contributed by atoms with E-state index in [0.29, 0.717) is 29.3 Å². The Balaban J connectivity index is 1.55. The average Bonchev–Trinajstić information content (AvgIpc) is 3.40. The molecule has 0 aliphatic rings. The molecule has 0 aliphatic heterocycles. The van der Waals surface area contributed by atoms with Gasteiger partial charge in [0.05, 0.1) is 17.4 Å². The Morgan fingerprint density at radius 1 is 1.04 bits per heavy atom. The minimum Gasteiger partial charge on any atom is -0.469 e. The van der Waals surface area contributed by atoms with Crippen LogP contribution in [-0.4, -0.2) is 22.1 Å². The lowest BCUT2D eigenvalue weighted by atomic mass is 10.1. The largest absolute Gasteiger partial charge is 0.469 e. The van der Waals surface area contributed by atoms with Gasteiger partial charge in [-0.25, -0.2) is 0 Å². The van der Waals surface area contributed by atoms with Crippen LogP contribution in [0.25, 0.3) is 22.8 Å². The summed E-state index contributed by atoms with van der Waals surface area (Å²) < 4.78 is 10.8. The first kappa shape index (κ1) is 17.7. The third-order valence-electron chi connectivity index (χ3n) is 4.33. The smallest absolute Gasteiger partial charge is 0.259 e. The molecule has 6 heteroatoms. The van der Waals surface area contributed by atoms with Gasteiger partial charge in [0.2, 0.25) is 5.82 Å². The highest BCUT2D eigenvalue weighted by atomic mass is 16.5. The number of carbonyl (C=O) groups excluding carboxylic acids is 1. The van der Waals surface area contributed by atoms with Crippen molar-refractivity contribution in [3.63, 3.8) is 0 Å². The molecular formula is C22H19N3O3. The molecule has 4 aromatic rings. The molecule has 0 saturated heterocycles. The maximum atomic E-state index is 12.8. The van der Waals surface area contributed by atoms with Gasteiger partial charge in [0.25, 0.3) is 11.8 Å². The molecule has 2 heterocycles. The zero-order valence-corrected chi connectivity index (χ0v) is 15.3. The number of nitrogens with zero attached hydrogens (tertiary/aromatic N) is 2. The predicted molar refractivity (Wildman–Crippen MR) is 105 cm³/mol. The van der Waals surface area contributed by atoms with E-state index in [2.05, 4.69) is 15.5 Å². The van der Waals surface area contributed by atoms with E-state index in [1.807, 2.05) is 61.5 Å². The molecule has 0 spiro atoms. The first-order chi connectivity index (χ1) is 13.7. The van der Waals surface area contributed by atoms with Crippen LogP contribution in [0.15, 0.2) is 81.9 Å². The van der Waals surface area contributed by atoms with Gasteiger partial charge in [0.15, 0.2) is 0 Å². The number of benzene rings is 2. The van der Waals surface area contributed by atoms with Crippen molar-refractivity contribution in [2.24, 2.45) is 0 Å². The normalized spacial score (nSPS) is 11.9. The van der Waals surface area contributed by atoms with Crippen molar-refractivity contribution in [3.05, 3.63) is 84.3 Å². The van der Waals surface area contributed by atoms with E-state index >= 15 is 0 Å². The Bertz CT molecular complexity index is 1060. The van der Waals surface area contributed by atoms with E-state index in [9.17, 15) is 4.79 Å². The standard InChI is InChI=1S/C22H19N3O3/c1-15(14-17-10-7-13-27-17)23-21(26)18-11-5-6-12-19(18)22-24-20(25-28-22)16-8-3-2-4-9-16/h2-13,15H,14H2,1H3,(H,23,26). The van der Waals surface area contributed by atoms with Crippen LogP contribution in [-0.2, 0) is 6.42 Å². The number of hydrogen-bond donors (Lipinski definition) is 1. The first-order valence-electron chi connectivity index (χ1n) is 9.02. The summed E-state index contributed by atoms with van der Waals surface area (Å²) in [6, 6.07) is 20.4. The lowest BCUT2D eigenvalue weighted by molar-refractivity contribution is 0.0939. The minimum atomic E-state index is -0.200. The monoisotopic (exact) mass is 373 g/mol. The number of amides is 1. The van der Waals surface area contributed by atoms with Gasteiger partial charge in [-0.1, -0.05) is 47.6 Å². The average molecular weight is 373 g/mol. The Kier molecular flexibility index (Phi) is 5.01. The number of aromatic nitrogens is 2. The van der Waals surface area contributed by atoms with Crippen molar-refractivity contribution in [1.29, 1.82) is 0 Å². The Labute approximate surface area is 162 Å². The van der Waals surface area contributed by atoms with E-state index < -0.39 is 0 Å². The topological polar surface area (TPSA) is 81.2 Å². The number of carbonyl (C=O) groups is 1. The lowest BCUT2D eigenvalue weighted by Gasteiger charge is -2.13. The second kappa shape index (κ2) is 7.92. The molecule has 6 nitrogen and oxygen atoms in total. The van der Waals surface area contributed by atoms with Crippen LogP contribution in [0.5, 0.6) is 0 Å². The van der Waals surface area contributed by atoms with Crippen molar-refractivity contribution >= 4 is 5.91 Å². The van der Waals surface area contributed by atoms with Gasteiger partial charge in [0.1, 0.15) is 5.76 Å². The molecule has 28 heavy (non-hydrogen) atoms. The summed E-state index contributed by atoms with van der Waals surface area (Å²) in [4.78, 5) is 17.3. The highest BCUT2D eigenvalue weighted by Gasteiger charge is 2.19. The Morgan fingerprint density at radius 3 is 2.61 bits per heavy atom. The summed E-state index contributed by atoms with van der Waals surface area (Å²) >= 11 is 0. The van der Waals surface area contributed by atoms with Gasteiger partial charge in [0, 0.05) is 18.0 Å². The molecule has 140 valence electrons. The van der Waals surface area contributed by atoms with E-state index in [-0.39, 0.29) is 11.9 Å². The molecule has 1 unspecified atom stereocenters. The number of hydrogen-bond acceptors (Lipinski definition) is 5. The fourth-order valence-electron chi connectivity index (χ4n) is 2.99. The second-order valence-corrected chi connectivity index (χ2v) is 6.49. The Hall–Kier alpha value is -3.67. The summed E-state index contributed by atoms with van der Waals surface area (Å²) in [5.74, 6) is 1.42. The summed E-state index contributed by atoms with van der Waals surface area (Å²) in [6.07, 6.45) is 2.23. The first-order valence-corrected chi connectivity index (χ1v) is 9.02. The van der Waals surface area contributed by atoms with Crippen molar-refractivity contribution in [2.75, 3.05) is 0 Å². The molecule has 4 rings (SSSR count). The molecule has 0 fully saturated rings. The molecule has 0 bridgehead atoms. The molecule has 0 aliphatic carbocycles. The number of nitrogens with one attached hydrogen (secondary N) is 1. The Morgan fingerprint density at radius 2 is 1.82 bits per heavy atom. The van der Waals surface area contributed by atoms with E-state index in [1.165, 1.54) is 0 Å². The maximum Gasteiger partial charge on any atom is 0.259 e. The zero-order valence-electron chi connectivity index (χ0n) is 15.3. The molecule has 2 aromatic heterocycles. The summed E-state index contributed by atoms with van der Waals surface area (Å²) in [7, 11) is 0.